The fourth-order valence-electron chi connectivity index (χ4n) is 6.18. The average Bonchev–Trinajstić information content (AvgIpc) is 3.14. The molecule has 3 fully saturated rings. The fraction of sp³-hybridized carbons (Fsp3) is 0.852. The molecule has 38 heavy (non-hydrogen) atoms. The first-order valence-electron chi connectivity index (χ1n) is 13.9. The predicted molar refractivity (Wildman–Crippen MR) is 145 cm³/mol. The van der Waals surface area contributed by atoms with Gasteiger partial charge in [-0.15, -0.1) is 11.8 Å². The molecule has 0 radical (unpaired) electrons. The van der Waals surface area contributed by atoms with Crippen LogP contribution in [0.5, 0.6) is 0 Å². The Labute approximate surface area is 229 Å². The largest absolute Gasteiger partial charge is 0.483 e. The van der Waals surface area contributed by atoms with Crippen LogP contribution in [0.25, 0.3) is 0 Å². The van der Waals surface area contributed by atoms with Crippen LogP contribution in [0, 0.1) is 23.7 Å². The van der Waals surface area contributed by atoms with Gasteiger partial charge in [-0.3, -0.25) is 9.59 Å². The van der Waals surface area contributed by atoms with Gasteiger partial charge in [0, 0.05) is 13.2 Å². The molecule has 3 saturated heterocycles. The molecule has 0 aromatic heterocycles. The number of carboxylic acid groups (broad SMARTS) is 1. The Morgan fingerprint density at radius 3 is 2.66 bits per heavy atom. The third-order valence-electron chi connectivity index (χ3n) is 8.03. The summed E-state index contributed by atoms with van der Waals surface area (Å²) in [6.07, 6.45) is 4.41. The lowest BCUT2D eigenvalue weighted by molar-refractivity contribution is -0.207. The summed E-state index contributed by atoms with van der Waals surface area (Å²) < 4.78 is 12.4. The van der Waals surface area contributed by atoms with Crippen molar-refractivity contribution in [3.8, 4) is 0 Å². The Morgan fingerprint density at radius 2 is 1.95 bits per heavy atom. The number of carbonyl (C=O) groups excluding carboxylic acids is 1. The molecule has 4 heterocycles. The molecule has 4 rings (SSSR count). The third kappa shape index (κ3) is 7.93. The number of carbonyl (C=O) groups is 2. The minimum atomic E-state index is -1.33. The topological polar surface area (TPSA) is 158 Å². The molecule has 0 aliphatic carbocycles. The number of hydrogen-bond acceptors (Lipinski definition) is 9. The van der Waals surface area contributed by atoms with Crippen LogP contribution in [0.1, 0.15) is 52.9 Å². The van der Waals surface area contributed by atoms with Crippen LogP contribution in [0.4, 0.5) is 0 Å². The van der Waals surface area contributed by atoms with Crippen LogP contribution in [-0.2, 0) is 19.1 Å². The van der Waals surface area contributed by atoms with E-state index in [9.17, 15) is 20.1 Å². The minimum absolute atomic E-state index is 0.132. The van der Waals surface area contributed by atoms with Crippen molar-refractivity contribution < 1.29 is 39.5 Å². The molecule has 0 aromatic carbocycles. The van der Waals surface area contributed by atoms with Crippen molar-refractivity contribution in [3.05, 3.63) is 12.2 Å². The number of fused-ring (bicyclic) bond motifs is 3. The third-order valence-corrected chi connectivity index (χ3v) is 9.27. The Bertz CT molecular complexity index is 786. The highest BCUT2D eigenvalue weighted by Gasteiger charge is 2.49. The van der Waals surface area contributed by atoms with Crippen molar-refractivity contribution in [1.82, 2.24) is 10.6 Å². The molecule has 1 amide bonds. The normalized spacial score (nSPS) is 42.4. The van der Waals surface area contributed by atoms with Crippen LogP contribution >= 0.6 is 11.8 Å². The number of nitrogens with one attached hydrogen (secondary N) is 2. The Hall–Kier alpha value is -1.21. The predicted octanol–water partition coefficient (Wildman–Crippen LogP) is 1.13. The Kier molecular flexibility index (Phi) is 12.3. The fourth-order valence-corrected chi connectivity index (χ4v) is 7.31. The molecular formula is C27H46N2O8S. The van der Waals surface area contributed by atoms with Gasteiger partial charge in [0.05, 0.1) is 12.1 Å². The van der Waals surface area contributed by atoms with Gasteiger partial charge in [0.15, 0.2) is 0 Å². The summed E-state index contributed by atoms with van der Waals surface area (Å²) in [5.41, 5.74) is -0.653. The zero-order valence-corrected chi connectivity index (χ0v) is 23.5. The molecule has 0 spiro atoms. The zero-order chi connectivity index (χ0) is 27.8. The molecule has 2 bridgehead atoms. The number of aliphatic hydroxyl groups excluding tert-OH is 3. The van der Waals surface area contributed by atoms with Gasteiger partial charge in [0.2, 0.25) is 5.91 Å². The van der Waals surface area contributed by atoms with Gasteiger partial charge >= 0.3 is 0 Å². The summed E-state index contributed by atoms with van der Waals surface area (Å²) >= 11 is 1.44. The maximum Gasteiger partial charge on any atom is 0.290 e. The van der Waals surface area contributed by atoms with Gasteiger partial charge in [-0.05, 0) is 61.5 Å². The maximum absolute atomic E-state index is 13.6. The number of thioether (sulfide) groups is 1. The maximum atomic E-state index is 13.6. The van der Waals surface area contributed by atoms with E-state index in [1.165, 1.54) is 18.2 Å². The van der Waals surface area contributed by atoms with Crippen LogP contribution in [0.2, 0.25) is 0 Å². The van der Waals surface area contributed by atoms with E-state index in [-0.39, 0.29) is 24.4 Å². The molecule has 0 saturated carbocycles. The summed E-state index contributed by atoms with van der Waals surface area (Å²) in [5.74, 6) is 2.05. The minimum Gasteiger partial charge on any atom is -0.483 e. The van der Waals surface area contributed by atoms with E-state index in [0.717, 1.165) is 38.0 Å². The standard InChI is InChI=1S/C26H44N2O6S.CH2O2/c1-14(2)11-16-8-9-33-23-17(12-16)13-27-19(23)25(32)28-18-15(3)7-5-4-6-10-35-26-22(31)20(29)21(30)24(18)34-26;2-1-3/h5,7,14-24,26-27,29-31H,4,6,8-13H2,1-3H3,(H,28,32);1H,(H,2,3)/b7-5+;/t15-,16-,17-,18+,19-,20-,21+,22+,23+,24+,26+;/m0./s1. The summed E-state index contributed by atoms with van der Waals surface area (Å²) in [6, 6.07) is -1.02. The van der Waals surface area contributed by atoms with E-state index in [0.29, 0.717) is 24.4 Å². The first-order chi connectivity index (χ1) is 18.2. The molecule has 0 unspecified atom stereocenters. The van der Waals surface area contributed by atoms with Crippen molar-refractivity contribution in [2.75, 3.05) is 18.9 Å². The average molecular weight is 559 g/mol. The van der Waals surface area contributed by atoms with Gasteiger partial charge in [0.1, 0.15) is 35.9 Å². The van der Waals surface area contributed by atoms with Gasteiger partial charge < -0.3 is 40.5 Å². The molecule has 6 N–H and O–H groups in total. The second-order valence-electron chi connectivity index (χ2n) is 11.4. The number of amides is 1. The molecule has 11 heteroatoms. The van der Waals surface area contributed by atoms with Crippen molar-refractivity contribution in [1.29, 1.82) is 0 Å². The van der Waals surface area contributed by atoms with Crippen LogP contribution in [0.3, 0.4) is 0 Å². The van der Waals surface area contributed by atoms with Crippen molar-refractivity contribution in [2.24, 2.45) is 23.7 Å². The SMILES string of the molecule is CC(C)C[C@@H]1CCO[C@@H]2[C@H](CN[C@@H]2C(=O)N[C@H]2[C@H]3O[C@H](SCCC/C=C/[C@@H]2C)[C@H](O)[C@@H](O)[C@H]3O)C1.O=CO. The van der Waals surface area contributed by atoms with E-state index < -0.39 is 41.9 Å². The summed E-state index contributed by atoms with van der Waals surface area (Å²) in [6.45, 7) is 7.66. The number of ether oxygens (including phenoxy) is 2. The van der Waals surface area contributed by atoms with Gasteiger partial charge in [-0.2, -0.15) is 0 Å². The summed E-state index contributed by atoms with van der Waals surface area (Å²) in [5, 5.41) is 45.3. The number of rotatable bonds is 4. The van der Waals surface area contributed by atoms with Gasteiger partial charge in [-0.25, -0.2) is 0 Å². The smallest absolute Gasteiger partial charge is 0.290 e. The first-order valence-corrected chi connectivity index (χ1v) is 14.9. The molecule has 10 nitrogen and oxygen atoms in total. The monoisotopic (exact) mass is 558 g/mol. The van der Waals surface area contributed by atoms with E-state index in [4.69, 9.17) is 19.4 Å². The lowest BCUT2D eigenvalue weighted by Crippen LogP contribution is -2.65. The van der Waals surface area contributed by atoms with E-state index in [1.807, 2.05) is 13.0 Å². The number of aliphatic hydroxyl groups is 3. The van der Waals surface area contributed by atoms with Crippen molar-refractivity contribution in [2.45, 2.75) is 101 Å². The molecular weight excluding hydrogens is 512 g/mol. The van der Waals surface area contributed by atoms with Crippen molar-refractivity contribution >= 4 is 24.1 Å². The Morgan fingerprint density at radius 1 is 1.21 bits per heavy atom. The molecule has 4 aliphatic rings. The highest BCUT2D eigenvalue weighted by molar-refractivity contribution is 7.99. The second kappa shape index (κ2) is 15.0. The van der Waals surface area contributed by atoms with Crippen LogP contribution in [-0.4, -0.2) is 99.7 Å². The van der Waals surface area contributed by atoms with Crippen molar-refractivity contribution in [3.63, 3.8) is 0 Å². The molecule has 11 atom stereocenters. The first kappa shape index (κ1) is 31.3. The highest BCUT2D eigenvalue weighted by Crippen LogP contribution is 2.35. The molecule has 0 aromatic rings. The quantitative estimate of drug-likeness (QED) is 0.218. The summed E-state index contributed by atoms with van der Waals surface area (Å²) in [7, 11) is 0. The van der Waals surface area contributed by atoms with E-state index >= 15 is 0 Å². The lowest BCUT2D eigenvalue weighted by Gasteiger charge is -2.44. The van der Waals surface area contributed by atoms with Crippen LogP contribution < -0.4 is 10.6 Å². The lowest BCUT2D eigenvalue weighted by atomic mass is 9.85. The number of hydrogen-bond donors (Lipinski definition) is 6. The highest BCUT2D eigenvalue weighted by atomic mass is 32.2. The number of allylic oxidation sites excluding steroid dienone is 1. The van der Waals surface area contributed by atoms with Gasteiger partial charge in [-0.1, -0.05) is 32.9 Å². The molecule has 4 aliphatic heterocycles. The zero-order valence-electron chi connectivity index (χ0n) is 22.6. The van der Waals surface area contributed by atoms with Gasteiger partial charge in [0.25, 0.3) is 6.47 Å². The van der Waals surface area contributed by atoms with E-state index in [1.54, 1.807) is 0 Å². The van der Waals surface area contributed by atoms with E-state index in [2.05, 4.69) is 30.6 Å². The van der Waals surface area contributed by atoms with Crippen LogP contribution in [0.15, 0.2) is 12.2 Å². The Balaban J connectivity index is 0.00000127. The summed E-state index contributed by atoms with van der Waals surface area (Å²) in [4.78, 5) is 21.9. The second-order valence-corrected chi connectivity index (χ2v) is 12.6. The molecule has 218 valence electrons.